The Morgan fingerprint density at radius 2 is 2.15 bits per heavy atom. The fraction of sp³-hybridized carbons (Fsp3) is 0.357. The highest BCUT2D eigenvalue weighted by Gasteiger charge is 2.15. The van der Waals surface area contributed by atoms with Crippen molar-refractivity contribution in [3.05, 3.63) is 39.3 Å². The summed E-state index contributed by atoms with van der Waals surface area (Å²) in [6, 6.07) is 3.91. The smallest absolute Gasteiger partial charge is 0.179 e. The molecule has 2 heterocycles. The van der Waals surface area contributed by atoms with Gasteiger partial charge in [0.2, 0.25) is 0 Å². The SMILES string of the molecule is Clc1cc(CNCc2cscn2)cc2c1OCCCO2. The number of hydrogen-bond acceptors (Lipinski definition) is 5. The number of nitrogens with one attached hydrogen (secondary N) is 1. The first kappa shape index (κ1) is 13.7. The van der Waals surface area contributed by atoms with Crippen molar-refractivity contribution in [3.63, 3.8) is 0 Å². The van der Waals surface area contributed by atoms with Crippen LogP contribution in [-0.2, 0) is 13.1 Å². The van der Waals surface area contributed by atoms with Gasteiger partial charge in [0.05, 0.1) is 29.4 Å². The molecule has 0 fully saturated rings. The van der Waals surface area contributed by atoms with Gasteiger partial charge in [-0.05, 0) is 17.7 Å². The van der Waals surface area contributed by atoms with Crippen LogP contribution in [0, 0.1) is 0 Å². The van der Waals surface area contributed by atoms with E-state index in [1.54, 1.807) is 11.3 Å². The second-order valence-corrected chi connectivity index (χ2v) is 5.66. The van der Waals surface area contributed by atoms with Gasteiger partial charge >= 0.3 is 0 Å². The molecule has 0 bridgehead atoms. The fourth-order valence-corrected chi connectivity index (χ4v) is 2.89. The van der Waals surface area contributed by atoms with Crippen molar-refractivity contribution in [3.8, 4) is 11.5 Å². The number of ether oxygens (including phenoxy) is 2. The molecule has 20 heavy (non-hydrogen) atoms. The number of halogens is 1. The Morgan fingerprint density at radius 3 is 3.00 bits per heavy atom. The van der Waals surface area contributed by atoms with Gasteiger partial charge in [0.15, 0.2) is 11.5 Å². The topological polar surface area (TPSA) is 43.4 Å². The number of nitrogens with zero attached hydrogens (tertiary/aromatic N) is 1. The predicted molar refractivity (Wildman–Crippen MR) is 79.7 cm³/mol. The third-order valence-electron chi connectivity index (χ3n) is 2.98. The van der Waals surface area contributed by atoms with Crippen LogP contribution >= 0.6 is 22.9 Å². The van der Waals surface area contributed by atoms with Gasteiger partial charge in [0.1, 0.15) is 0 Å². The minimum absolute atomic E-state index is 0.606. The van der Waals surface area contributed by atoms with Crippen LogP contribution in [0.4, 0.5) is 0 Å². The molecule has 0 amide bonds. The minimum atomic E-state index is 0.606. The summed E-state index contributed by atoms with van der Waals surface area (Å²) in [4.78, 5) is 4.23. The maximum Gasteiger partial charge on any atom is 0.179 e. The highest BCUT2D eigenvalue weighted by atomic mass is 35.5. The number of hydrogen-bond donors (Lipinski definition) is 1. The van der Waals surface area contributed by atoms with Crippen LogP contribution in [0.5, 0.6) is 11.5 Å². The number of fused-ring (bicyclic) bond motifs is 1. The zero-order valence-electron chi connectivity index (χ0n) is 10.9. The Balaban J connectivity index is 1.67. The van der Waals surface area contributed by atoms with Crippen LogP contribution in [0.3, 0.4) is 0 Å². The van der Waals surface area contributed by atoms with Crippen LogP contribution in [-0.4, -0.2) is 18.2 Å². The number of rotatable bonds is 4. The summed E-state index contributed by atoms with van der Waals surface area (Å²) < 4.78 is 11.3. The summed E-state index contributed by atoms with van der Waals surface area (Å²) in [7, 11) is 0. The Hall–Kier alpha value is -1.30. The largest absolute Gasteiger partial charge is 0.489 e. The van der Waals surface area contributed by atoms with Crippen molar-refractivity contribution in [1.82, 2.24) is 10.3 Å². The summed E-state index contributed by atoms with van der Waals surface area (Å²) in [5.74, 6) is 1.40. The van der Waals surface area contributed by atoms with E-state index in [0.29, 0.717) is 30.5 Å². The Morgan fingerprint density at radius 1 is 1.25 bits per heavy atom. The monoisotopic (exact) mass is 310 g/mol. The molecular weight excluding hydrogens is 296 g/mol. The lowest BCUT2D eigenvalue weighted by atomic mass is 10.2. The van der Waals surface area contributed by atoms with E-state index in [9.17, 15) is 0 Å². The van der Waals surface area contributed by atoms with Gasteiger partial charge in [0, 0.05) is 24.9 Å². The molecule has 0 spiro atoms. The van der Waals surface area contributed by atoms with E-state index < -0.39 is 0 Å². The zero-order chi connectivity index (χ0) is 13.8. The second-order valence-electron chi connectivity index (χ2n) is 4.54. The van der Waals surface area contributed by atoms with Crippen molar-refractivity contribution in [2.75, 3.05) is 13.2 Å². The molecule has 0 unspecified atom stereocenters. The molecule has 1 aliphatic heterocycles. The Bertz CT molecular complexity index is 575. The van der Waals surface area contributed by atoms with Gasteiger partial charge in [-0.25, -0.2) is 4.98 Å². The quantitative estimate of drug-likeness (QED) is 0.941. The zero-order valence-corrected chi connectivity index (χ0v) is 12.5. The molecule has 0 atom stereocenters. The Kier molecular flexibility index (Phi) is 4.40. The summed E-state index contributed by atoms with van der Waals surface area (Å²) in [6.45, 7) is 2.77. The van der Waals surface area contributed by atoms with Crippen LogP contribution in [0.1, 0.15) is 17.7 Å². The van der Waals surface area contributed by atoms with Gasteiger partial charge in [-0.3, -0.25) is 0 Å². The molecule has 1 N–H and O–H groups in total. The molecule has 2 aromatic rings. The van der Waals surface area contributed by atoms with E-state index in [1.807, 2.05) is 23.0 Å². The van der Waals surface area contributed by atoms with Crippen molar-refractivity contribution in [2.45, 2.75) is 19.5 Å². The average Bonchev–Trinajstić information content (AvgIpc) is 2.83. The van der Waals surface area contributed by atoms with Gasteiger partial charge < -0.3 is 14.8 Å². The normalized spacial score (nSPS) is 14.1. The molecule has 0 radical (unpaired) electrons. The first-order valence-corrected chi connectivity index (χ1v) is 7.81. The summed E-state index contributed by atoms with van der Waals surface area (Å²) in [6.07, 6.45) is 0.877. The summed E-state index contributed by atoms with van der Waals surface area (Å²) in [5.41, 5.74) is 3.96. The van der Waals surface area contributed by atoms with Crippen LogP contribution < -0.4 is 14.8 Å². The molecule has 106 valence electrons. The molecule has 0 saturated heterocycles. The van der Waals surface area contributed by atoms with Gasteiger partial charge in [0.25, 0.3) is 0 Å². The van der Waals surface area contributed by atoms with Gasteiger partial charge in [-0.15, -0.1) is 11.3 Å². The van der Waals surface area contributed by atoms with Gasteiger partial charge in [-0.2, -0.15) is 0 Å². The number of benzene rings is 1. The first-order chi connectivity index (χ1) is 9.83. The van der Waals surface area contributed by atoms with Crippen molar-refractivity contribution >= 4 is 22.9 Å². The molecule has 0 saturated carbocycles. The maximum atomic E-state index is 6.25. The van der Waals surface area contributed by atoms with Crippen LogP contribution in [0.25, 0.3) is 0 Å². The van der Waals surface area contributed by atoms with E-state index in [4.69, 9.17) is 21.1 Å². The molecular formula is C14H15ClN2O2S. The highest BCUT2D eigenvalue weighted by Crippen LogP contribution is 2.37. The number of aromatic nitrogens is 1. The highest BCUT2D eigenvalue weighted by molar-refractivity contribution is 7.07. The molecule has 1 aromatic heterocycles. The van der Waals surface area contributed by atoms with E-state index >= 15 is 0 Å². The fourth-order valence-electron chi connectivity index (χ4n) is 2.05. The van der Waals surface area contributed by atoms with E-state index in [-0.39, 0.29) is 0 Å². The minimum Gasteiger partial charge on any atom is -0.489 e. The third kappa shape index (κ3) is 3.23. The summed E-state index contributed by atoms with van der Waals surface area (Å²) >= 11 is 7.86. The van der Waals surface area contributed by atoms with E-state index in [0.717, 1.165) is 30.0 Å². The Labute approximate surface area is 126 Å². The third-order valence-corrected chi connectivity index (χ3v) is 3.90. The lowest BCUT2D eigenvalue weighted by Gasteiger charge is -2.12. The molecule has 1 aliphatic rings. The summed E-state index contributed by atoms with van der Waals surface area (Å²) in [5, 5.41) is 5.98. The number of thiazole rings is 1. The van der Waals surface area contributed by atoms with Crippen LogP contribution in [0.15, 0.2) is 23.0 Å². The maximum absolute atomic E-state index is 6.25. The average molecular weight is 311 g/mol. The molecule has 4 nitrogen and oxygen atoms in total. The lowest BCUT2D eigenvalue weighted by molar-refractivity contribution is 0.297. The van der Waals surface area contributed by atoms with Crippen LogP contribution in [0.2, 0.25) is 5.02 Å². The van der Waals surface area contributed by atoms with E-state index in [1.165, 1.54) is 0 Å². The van der Waals surface area contributed by atoms with Crippen molar-refractivity contribution in [1.29, 1.82) is 0 Å². The van der Waals surface area contributed by atoms with Gasteiger partial charge in [-0.1, -0.05) is 11.6 Å². The van der Waals surface area contributed by atoms with E-state index in [2.05, 4.69) is 10.3 Å². The van der Waals surface area contributed by atoms with Crippen molar-refractivity contribution < 1.29 is 9.47 Å². The predicted octanol–water partition coefficient (Wildman–Crippen LogP) is 3.25. The molecule has 0 aliphatic carbocycles. The lowest BCUT2D eigenvalue weighted by Crippen LogP contribution is -2.13. The standard InChI is InChI=1S/C14H15ClN2O2S/c15-12-4-10(6-16-7-11-8-20-9-17-11)5-13-14(12)19-3-1-2-18-13/h4-5,8-9,16H,1-3,6-7H2. The van der Waals surface area contributed by atoms with Crippen molar-refractivity contribution in [2.24, 2.45) is 0 Å². The molecule has 3 rings (SSSR count). The molecule has 6 heteroatoms. The molecule has 1 aromatic carbocycles. The first-order valence-electron chi connectivity index (χ1n) is 6.49. The second kappa shape index (κ2) is 6.43.